The van der Waals surface area contributed by atoms with E-state index in [9.17, 15) is 9.59 Å². The SMILES string of the molecule is O=C(O)Cc1sccc1-c1ccccc1C(=O)O. The molecule has 1 aromatic carbocycles. The Morgan fingerprint density at radius 3 is 2.44 bits per heavy atom. The summed E-state index contributed by atoms with van der Waals surface area (Å²) in [5.74, 6) is -1.94. The smallest absolute Gasteiger partial charge is 0.336 e. The van der Waals surface area contributed by atoms with Gasteiger partial charge < -0.3 is 10.2 Å². The van der Waals surface area contributed by atoms with Crippen molar-refractivity contribution in [2.75, 3.05) is 0 Å². The zero-order chi connectivity index (χ0) is 13.1. The average molecular weight is 262 g/mol. The number of aliphatic carboxylic acids is 1. The van der Waals surface area contributed by atoms with Gasteiger partial charge >= 0.3 is 11.9 Å². The Kier molecular flexibility index (Phi) is 3.43. The van der Waals surface area contributed by atoms with Crippen LogP contribution in [0.4, 0.5) is 0 Å². The lowest BCUT2D eigenvalue weighted by molar-refractivity contribution is -0.136. The van der Waals surface area contributed by atoms with Crippen LogP contribution in [-0.2, 0) is 11.2 Å². The number of benzene rings is 1. The van der Waals surface area contributed by atoms with E-state index < -0.39 is 11.9 Å². The van der Waals surface area contributed by atoms with Gasteiger partial charge in [-0.05, 0) is 28.6 Å². The quantitative estimate of drug-likeness (QED) is 0.888. The molecule has 2 rings (SSSR count). The first-order chi connectivity index (χ1) is 8.59. The minimum absolute atomic E-state index is 0.0963. The van der Waals surface area contributed by atoms with Crippen LogP contribution in [0.2, 0.25) is 0 Å². The van der Waals surface area contributed by atoms with E-state index >= 15 is 0 Å². The van der Waals surface area contributed by atoms with Gasteiger partial charge in [-0.1, -0.05) is 18.2 Å². The monoisotopic (exact) mass is 262 g/mol. The number of hydrogen-bond donors (Lipinski definition) is 2. The Morgan fingerprint density at radius 2 is 1.78 bits per heavy atom. The summed E-state index contributed by atoms with van der Waals surface area (Å²) in [5, 5.41) is 19.7. The molecule has 2 N–H and O–H groups in total. The van der Waals surface area contributed by atoms with E-state index in [1.54, 1.807) is 29.6 Å². The van der Waals surface area contributed by atoms with Gasteiger partial charge in [-0.25, -0.2) is 4.79 Å². The van der Waals surface area contributed by atoms with Crippen molar-refractivity contribution in [1.82, 2.24) is 0 Å². The highest BCUT2D eigenvalue weighted by molar-refractivity contribution is 7.10. The largest absolute Gasteiger partial charge is 0.481 e. The molecule has 0 bridgehead atoms. The fraction of sp³-hybridized carbons (Fsp3) is 0.0769. The lowest BCUT2D eigenvalue weighted by atomic mass is 9.99. The van der Waals surface area contributed by atoms with Crippen molar-refractivity contribution in [3.63, 3.8) is 0 Å². The molecule has 0 saturated heterocycles. The van der Waals surface area contributed by atoms with E-state index in [2.05, 4.69) is 0 Å². The summed E-state index contributed by atoms with van der Waals surface area (Å²) in [6, 6.07) is 8.35. The van der Waals surface area contributed by atoms with E-state index in [-0.39, 0.29) is 12.0 Å². The van der Waals surface area contributed by atoms with Crippen LogP contribution in [0.3, 0.4) is 0 Å². The Morgan fingerprint density at radius 1 is 1.06 bits per heavy atom. The molecule has 1 aromatic heterocycles. The molecule has 0 unspecified atom stereocenters. The minimum atomic E-state index is -1.02. The maximum Gasteiger partial charge on any atom is 0.336 e. The molecule has 1 heterocycles. The third-order valence-electron chi connectivity index (χ3n) is 2.50. The van der Waals surface area contributed by atoms with Crippen LogP contribution in [0.25, 0.3) is 11.1 Å². The van der Waals surface area contributed by atoms with Gasteiger partial charge in [0.15, 0.2) is 0 Å². The lowest BCUT2D eigenvalue weighted by Crippen LogP contribution is -2.02. The van der Waals surface area contributed by atoms with E-state index in [0.29, 0.717) is 16.0 Å². The second-order valence-electron chi connectivity index (χ2n) is 3.68. The highest BCUT2D eigenvalue weighted by Gasteiger charge is 2.16. The zero-order valence-corrected chi connectivity index (χ0v) is 10.1. The summed E-state index contributed by atoms with van der Waals surface area (Å²) < 4.78 is 0. The molecule has 0 aliphatic rings. The Bertz CT molecular complexity index is 601. The van der Waals surface area contributed by atoms with E-state index in [1.807, 2.05) is 0 Å². The number of carbonyl (C=O) groups is 2. The standard InChI is InChI=1S/C13H10O4S/c14-12(15)7-11-9(5-6-18-11)8-3-1-2-4-10(8)13(16)17/h1-6H,7H2,(H,14,15)(H,16,17). The number of hydrogen-bond acceptors (Lipinski definition) is 3. The zero-order valence-electron chi connectivity index (χ0n) is 9.29. The average Bonchev–Trinajstić information content (AvgIpc) is 2.76. The van der Waals surface area contributed by atoms with Crippen LogP contribution in [-0.4, -0.2) is 22.2 Å². The minimum Gasteiger partial charge on any atom is -0.481 e. The second-order valence-corrected chi connectivity index (χ2v) is 4.68. The lowest BCUT2D eigenvalue weighted by Gasteiger charge is -2.06. The molecular weight excluding hydrogens is 252 g/mol. The highest BCUT2D eigenvalue weighted by atomic mass is 32.1. The topological polar surface area (TPSA) is 74.6 Å². The molecule has 0 radical (unpaired) electrons. The molecule has 0 amide bonds. The highest BCUT2D eigenvalue weighted by Crippen LogP contribution is 2.31. The van der Waals surface area contributed by atoms with Crippen LogP contribution >= 0.6 is 11.3 Å². The summed E-state index contributed by atoms with van der Waals surface area (Å²) in [6.45, 7) is 0. The van der Waals surface area contributed by atoms with E-state index in [4.69, 9.17) is 10.2 Å². The first-order valence-electron chi connectivity index (χ1n) is 5.20. The molecule has 18 heavy (non-hydrogen) atoms. The fourth-order valence-electron chi connectivity index (χ4n) is 1.76. The molecule has 0 aliphatic carbocycles. The summed E-state index contributed by atoms with van der Waals surface area (Å²) in [5.41, 5.74) is 1.42. The summed E-state index contributed by atoms with van der Waals surface area (Å²) in [7, 11) is 0. The summed E-state index contributed by atoms with van der Waals surface area (Å²) >= 11 is 1.32. The predicted octanol–water partition coefficient (Wildman–Crippen LogP) is 2.74. The van der Waals surface area contributed by atoms with Gasteiger partial charge in [0, 0.05) is 4.88 Å². The normalized spacial score (nSPS) is 10.2. The number of carboxylic acid groups (broad SMARTS) is 2. The number of thiophene rings is 1. The number of rotatable bonds is 4. The van der Waals surface area contributed by atoms with Crippen LogP contribution in [0.15, 0.2) is 35.7 Å². The van der Waals surface area contributed by atoms with E-state index in [0.717, 1.165) is 0 Å². The van der Waals surface area contributed by atoms with Gasteiger partial charge in [0.1, 0.15) is 0 Å². The first kappa shape index (κ1) is 12.3. The van der Waals surface area contributed by atoms with Gasteiger partial charge in [0.2, 0.25) is 0 Å². The molecule has 0 fully saturated rings. The molecule has 0 saturated carbocycles. The molecule has 5 heteroatoms. The van der Waals surface area contributed by atoms with E-state index in [1.165, 1.54) is 17.4 Å². The molecule has 0 spiro atoms. The second kappa shape index (κ2) is 5.01. The summed E-state index contributed by atoms with van der Waals surface area (Å²) in [6.07, 6.45) is -0.0963. The van der Waals surface area contributed by atoms with Gasteiger partial charge in [0.25, 0.3) is 0 Å². The van der Waals surface area contributed by atoms with Crippen molar-refractivity contribution in [3.8, 4) is 11.1 Å². The third kappa shape index (κ3) is 2.41. The third-order valence-corrected chi connectivity index (χ3v) is 3.43. The van der Waals surface area contributed by atoms with Crippen molar-refractivity contribution in [2.24, 2.45) is 0 Å². The maximum absolute atomic E-state index is 11.1. The van der Waals surface area contributed by atoms with Gasteiger partial charge in [0.05, 0.1) is 12.0 Å². The van der Waals surface area contributed by atoms with Crippen LogP contribution in [0.1, 0.15) is 15.2 Å². The Balaban J connectivity index is 2.52. The fourth-order valence-corrected chi connectivity index (χ4v) is 2.64. The van der Waals surface area contributed by atoms with Gasteiger partial charge in [-0.2, -0.15) is 0 Å². The maximum atomic E-state index is 11.1. The molecule has 2 aromatic rings. The number of carboxylic acids is 2. The first-order valence-corrected chi connectivity index (χ1v) is 6.08. The van der Waals surface area contributed by atoms with Crippen LogP contribution < -0.4 is 0 Å². The molecule has 0 aliphatic heterocycles. The summed E-state index contributed by atoms with van der Waals surface area (Å²) in [4.78, 5) is 22.6. The van der Waals surface area contributed by atoms with Gasteiger partial charge in [-0.15, -0.1) is 11.3 Å². The van der Waals surface area contributed by atoms with Crippen molar-refractivity contribution >= 4 is 23.3 Å². The van der Waals surface area contributed by atoms with Gasteiger partial charge in [-0.3, -0.25) is 4.79 Å². The Hall–Kier alpha value is -2.14. The molecule has 4 nitrogen and oxygen atoms in total. The van der Waals surface area contributed by atoms with Crippen LogP contribution in [0.5, 0.6) is 0 Å². The number of aromatic carboxylic acids is 1. The van der Waals surface area contributed by atoms with Crippen molar-refractivity contribution < 1.29 is 19.8 Å². The van der Waals surface area contributed by atoms with Crippen LogP contribution in [0, 0.1) is 0 Å². The van der Waals surface area contributed by atoms with Crippen molar-refractivity contribution in [3.05, 3.63) is 46.2 Å². The Labute approximate surface area is 107 Å². The predicted molar refractivity (Wildman–Crippen MR) is 68.1 cm³/mol. The molecular formula is C13H10O4S. The molecule has 0 atom stereocenters. The molecule has 92 valence electrons. The van der Waals surface area contributed by atoms with Crippen molar-refractivity contribution in [1.29, 1.82) is 0 Å². The van der Waals surface area contributed by atoms with Crippen molar-refractivity contribution in [2.45, 2.75) is 6.42 Å².